The van der Waals surface area contributed by atoms with Gasteiger partial charge in [0.2, 0.25) is 0 Å². The van der Waals surface area contributed by atoms with Crippen molar-refractivity contribution in [3.05, 3.63) is 0 Å². The van der Waals surface area contributed by atoms with E-state index >= 15 is 0 Å². The van der Waals surface area contributed by atoms with E-state index in [-0.39, 0.29) is 0 Å². The molecule has 0 amide bonds. The number of methoxy groups -OCH3 is 1. The van der Waals surface area contributed by atoms with E-state index in [0.717, 1.165) is 52.4 Å². The Bertz CT molecular complexity index is 206. The lowest BCUT2D eigenvalue weighted by Crippen LogP contribution is -2.40. The maximum atomic E-state index is 5.24. The summed E-state index contributed by atoms with van der Waals surface area (Å²) in [5.74, 6) is 0. The zero-order valence-electron chi connectivity index (χ0n) is 11.8. The molecular formula is C12H27N3O2S. The van der Waals surface area contributed by atoms with Crippen molar-refractivity contribution in [3.8, 4) is 0 Å². The first-order valence-electron chi connectivity index (χ1n) is 6.47. The second kappa shape index (κ2) is 13.0. The number of nitrogens with one attached hydrogen (secondary N) is 2. The van der Waals surface area contributed by atoms with Crippen molar-refractivity contribution in [2.24, 2.45) is 0 Å². The topological polar surface area (TPSA) is 45.8 Å². The Morgan fingerprint density at radius 2 is 1.89 bits per heavy atom. The van der Waals surface area contributed by atoms with Crippen LogP contribution in [0.4, 0.5) is 0 Å². The molecule has 18 heavy (non-hydrogen) atoms. The first kappa shape index (κ1) is 17.6. The third-order valence-corrected chi connectivity index (χ3v) is 2.70. The molecule has 0 heterocycles. The SMILES string of the molecule is CCOCCCNC(=S)NCCN(C)CCOC. The molecule has 0 bridgehead atoms. The van der Waals surface area contributed by atoms with Gasteiger partial charge in [0.15, 0.2) is 5.11 Å². The molecule has 0 fully saturated rings. The summed E-state index contributed by atoms with van der Waals surface area (Å²) in [5, 5.41) is 7.05. The fourth-order valence-corrected chi connectivity index (χ4v) is 1.51. The van der Waals surface area contributed by atoms with E-state index in [0.29, 0.717) is 5.11 Å². The summed E-state index contributed by atoms with van der Waals surface area (Å²) in [7, 11) is 3.78. The molecule has 108 valence electrons. The van der Waals surface area contributed by atoms with Gasteiger partial charge >= 0.3 is 0 Å². The number of thiocarbonyl (C=S) groups is 1. The predicted molar refractivity (Wildman–Crippen MR) is 79.1 cm³/mol. The van der Waals surface area contributed by atoms with Gasteiger partial charge in [-0.05, 0) is 32.6 Å². The monoisotopic (exact) mass is 277 g/mol. The molecular weight excluding hydrogens is 250 g/mol. The van der Waals surface area contributed by atoms with Crippen LogP contribution in [0.25, 0.3) is 0 Å². The minimum Gasteiger partial charge on any atom is -0.383 e. The van der Waals surface area contributed by atoms with E-state index in [4.69, 9.17) is 21.7 Å². The fraction of sp³-hybridized carbons (Fsp3) is 0.917. The van der Waals surface area contributed by atoms with Gasteiger partial charge in [0.25, 0.3) is 0 Å². The van der Waals surface area contributed by atoms with E-state index in [1.807, 2.05) is 6.92 Å². The second-order valence-corrected chi connectivity index (χ2v) is 4.44. The molecule has 0 aliphatic heterocycles. The molecule has 6 heteroatoms. The quantitative estimate of drug-likeness (QED) is 0.422. The molecule has 0 aromatic heterocycles. The average Bonchev–Trinajstić information content (AvgIpc) is 2.36. The third kappa shape index (κ3) is 12.0. The molecule has 0 atom stereocenters. The minimum atomic E-state index is 0.714. The Balaban J connectivity index is 3.31. The first-order chi connectivity index (χ1) is 8.70. The Labute approximate surface area is 116 Å². The molecule has 0 spiro atoms. The summed E-state index contributed by atoms with van der Waals surface area (Å²) in [5.41, 5.74) is 0. The van der Waals surface area contributed by atoms with Crippen molar-refractivity contribution >= 4 is 17.3 Å². The zero-order chi connectivity index (χ0) is 13.6. The molecule has 2 N–H and O–H groups in total. The second-order valence-electron chi connectivity index (χ2n) is 4.03. The molecule has 0 rings (SSSR count). The Kier molecular flexibility index (Phi) is 12.7. The highest BCUT2D eigenvalue weighted by Gasteiger charge is 1.98. The highest BCUT2D eigenvalue weighted by atomic mass is 32.1. The third-order valence-electron chi connectivity index (χ3n) is 2.41. The standard InChI is InChI=1S/C12H27N3O2S/c1-4-17-10-5-6-13-12(18)14-7-8-15(2)9-11-16-3/h4-11H2,1-3H3,(H2,13,14,18). The average molecular weight is 277 g/mol. The zero-order valence-corrected chi connectivity index (χ0v) is 12.6. The van der Waals surface area contributed by atoms with Crippen LogP contribution in [0.15, 0.2) is 0 Å². The number of nitrogens with zero attached hydrogens (tertiary/aromatic N) is 1. The molecule has 0 radical (unpaired) electrons. The van der Waals surface area contributed by atoms with Crippen molar-refractivity contribution in [2.75, 3.05) is 60.2 Å². The lowest BCUT2D eigenvalue weighted by atomic mass is 10.4. The molecule has 0 aromatic rings. The van der Waals surface area contributed by atoms with Crippen LogP contribution in [0.5, 0.6) is 0 Å². The van der Waals surface area contributed by atoms with E-state index in [1.54, 1.807) is 7.11 Å². The van der Waals surface area contributed by atoms with Gasteiger partial charge in [-0.15, -0.1) is 0 Å². The molecule has 5 nitrogen and oxygen atoms in total. The van der Waals surface area contributed by atoms with Gasteiger partial charge in [0.1, 0.15) is 0 Å². The van der Waals surface area contributed by atoms with Gasteiger partial charge in [-0.1, -0.05) is 0 Å². The van der Waals surface area contributed by atoms with Gasteiger partial charge in [-0.2, -0.15) is 0 Å². The smallest absolute Gasteiger partial charge is 0.166 e. The summed E-state index contributed by atoms with van der Waals surface area (Å²) in [4.78, 5) is 2.20. The molecule has 0 aromatic carbocycles. The maximum Gasteiger partial charge on any atom is 0.166 e. The van der Waals surface area contributed by atoms with Crippen molar-refractivity contribution in [1.29, 1.82) is 0 Å². The van der Waals surface area contributed by atoms with Gasteiger partial charge in [0.05, 0.1) is 6.61 Å². The van der Waals surface area contributed by atoms with Gasteiger partial charge < -0.3 is 25.0 Å². The fourth-order valence-electron chi connectivity index (χ4n) is 1.30. The van der Waals surface area contributed by atoms with Crippen molar-refractivity contribution in [3.63, 3.8) is 0 Å². The number of rotatable bonds is 11. The largest absolute Gasteiger partial charge is 0.383 e. The molecule has 0 saturated carbocycles. The maximum absolute atomic E-state index is 5.24. The van der Waals surface area contributed by atoms with Crippen molar-refractivity contribution < 1.29 is 9.47 Å². The molecule has 0 aliphatic carbocycles. The Morgan fingerprint density at radius 3 is 2.56 bits per heavy atom. The number of ether oxygens (including phenoxy) is 2. The van der Waals surface area contributed by atoms with E-state index in [1.165, 1.54) is 0 Å². The van der Waals surface area contributed by atoms with Crippen LogP contribution in [0.2, 0.25) is 0 Å². The van der Waals surface area contributed by atoms with E-state index < -0.39 is 0 Å². The van der Waals surface area contributed by atoms with Crippen LogP contribution in [0.1, 0.15) is 13.3 Å². The predicted octanol–water partition coefficient (Wildman–Crippen LogP) is 0.455. The van der Waals surface area contributed by atoms with Crippen LogP contribution >= 0.6 is 12.2 Å². The van der Waals surface area contributed by atoms with Crippen LogP contribution in [-0.4, -0.2) is 70.2 Å². The number of hydrogen-bond acceptors (Lipinski definition) is 4. The minimum absolute atomic E-state index is 0.714. The van der Waals surface area contributed by atoms with Crippen LogP contribution in [0.3, 0.4) is 0 Å². The summed E-state index contributed by atoms with van der Waals surface area (Å²) in [6.07, 6.45) is 0.976. The van der Waals surface area contributed by atoms with Crippen LogP contribution in [-0.2, 0) is 9.47 Å². The van der Waals surface area contributed by atoms with Crippen LogP contribution in [0, 0.1) is 0 Å². The Morgan fingerprint density at radius 1 is 1.17 bits per heavy atom. The number of hydrogen-bond donors (Lipinski definition) is 2. The van der Waals surface area contributed by atoms with Crippen molar-refractivity contribution in [1.82, 2.24) is 15.5 Å². The molecule has 0 aliphatic rings. The summed E-state index contributed by atoms with van der Waals surface area (Å²) >= 11 is 5.17. The lowest BCUT2D eigenvalue weighted by molar-refractivity contribution is 0.145. The van der Waals surface area contributed by atoms with Gasteiger partial charge in [0, 0.05) is 46.5 Å². The molecule has 0 saturated heterocycles. The summed E-state index contributed by atoms with van der Waals surface area (Å²) in [6, 6.07) is 0. The van der Waals surface area contributed by atoms with E-state index in [9.17, 15) is 0 Å². The lowest BCUT2D eigenvalue weighted by Gasteiger charge is -2.17. The highest BCUT2D eigenvalue weighted by Crippen LogP contribution is 1.82. The van der Waals surface area contributed by atoms with Crippen LogP contribution < -0.4 is 10.6 Å². The normalized spacial score (nSPS) is 10.7. The molecule has 0 unspecified atom stereocenters. The highest BCUT2D eigenvalue weighted by molar-refractivity contribution is 7.80. The summed E-state index contributed by atoms with van der Waals surface area (Å²) in [6.45, 7) is 7.90. The van der Waals surface area contributed by atoms with Gasteiger partial charge in [-0.25, -0.2) is 0 Å². The Hall–Kier alpha value is -0.430. The first-order valence-corrected chi connectivity index (χ1v) is 6.88. The van der Waals surface area contributed by atoms with E-state index in [2.05, 4.69) is 22.6 Å². The summed E-state index contributed by atoms with van der Waals surface area (Å²) < 4.78 is 10.3. The number of likely N-dealkylation sites (N-methyl/N-ethyl adjacent to an activating group) is 1. The van der Waals surface area contributed by atoms with Crippen molar-refractivity contribution in [2.45, 2.75) is 13.3 Å². The van der Waals surface area contributed by atoms with Gasteiger partial charge in [-0.3, -0.25) is 0 Å².